The monoisotopic (exact) mass is 420 g/mol. The van der Waals surface area contributed by atoms with Gasteiger partial charge in [0.25, 0.3) is 0 Å². The van der Waals surface area contributed by atoms with Crippen LogP contribution in [-0.4, -0.2) is 46.4 Å². The first-order chi connectivity index (χ1) is 15.1. The summed E-state index contributed by atoms with van der Waals surface area (Å²) in [4.78, 5) is 32.3. The van der Waals surface area contributed by atoms with Gasteiger partial charge in [-0.1, -0.05) is 20.8 Å². The minimum Gasteiger partial charge on any atom is -0.427 e. The van der Waals surface area contributed by atoms with Crippen molar-refractivity contribution in [2.75, 3.05) is 31.5 Å². The first-order valence-electron chi connectivity index (χ1n) is 10.9. The van der Waals surface area contributed by atoms with Crippen molar-refractivity contribution in [3.8, 4) is 5.75 Å². The fourth-order valence-corrected chi connectivity index (χ4v) is 4.05. The van der Waals surface area contributed by atoms with Crippen LogP contribution in [0.1, 0.15) is 33.6 Å². The van der Waals surface area contributed by atoms with Crippen LogP contribution >= 0.6 is 0 Å². The van der Waals surface area contributed by atoms with Crippen LogP contribution < -0.4 is 15.5 Å². The fraction of sp³-hybridized carbons (Fsp3) is 0.375. The number of aromatic nitrogens is 2. The van der Waals surface area contributed by atoms with Crippen molar-refractivity contribution < 1.29 is 9.53 Å². The molecule has 0 amide bonds. The van der Waals surface area contributed by atoms with E-state index in [1.54, 1.807) is 18.5 Å². The molecule has 2 aromatic carbocycles. The van der Waals surface area contributed by atoms with E-state index in [0.717, 1.165) is 48.4 Å². The number of pyridine rings is 1. The highest BCUT2D eigenvalue weighted by atomic mass is 16.5. The second kappa shape index (κ2) is 8.89. The number of imidazole rings is 1. The maximum atomic E-state index is 13.6. The summed E-state index contributed by atoms with van der Waals surface area (Å²) < 4.78 is 7.36. The van der Waals surface area contributed by atoms with E-state index in [1.165, 1.54) is 0 Å². The van der Waals surface area contributed by atoms with E-state index in [1.807, 2.05) is 29.5 Å². The summed E-state index contributed by atoms with van der Waals surface area (Å²) in [6.45, 7) is 9.82. The lowest BCUT2D eigenvalue weighted by Crippen LogP contribution is -2.28. The van der Waals surface area contributed by atoms with Gasteiger partial charge in [-0.25, -0.2) is 4.98 Å². The van der Waals surface area contributed by atoms with Gasteiger partial charge in [-0.3, -0.25) is 14.0 Å². The molecule has 0 atom stereocenters. The lowest BCUT2D eigenvalue weighted by molar-refractivity contribution is -0.134. The molecule has 0 radical (unpaired) electrons. The van der Waals surface area contributed by atoms with Crippen LogP contribution in [0.4, 0.5) is 5.69 Å². The predicted octanol–water partition coefficient (Wildman–Crippen LogP) is 3.90. The Morgan fingerprint density at radius 2 is 1.97 bits per heavy atom. The van der Waals surface area contributed by atoms with Crippen LogP contribution in [0.2, 0.25) is 0 Å². The molecule has 7 heteroatoms. The Balaban J connectivity index is 1.80. The van der Waals surface area contributed by atoms with Crippen LogP contribution in [0.3, 0.4) is 0 Å². The molecule has 0 spiro atoms. The molecule has 0 bridgehead atoms. The second-order valence-electron chi connectivity index (χ2n) is 7.66. The average Bonchev–Trinajstić information content (AvgIpc) is 3.20. The van der Waals surface area contributed by atoms with Crippen molar-refractivity contribution in [3.63, 3.8) is 0 Å². The highest BCUT2D eigenvalue weighted by Crippen LogP contribution is 2.29. The quantitative estimate of drug-likeness (QED) is 0.251. The van der Waals surface area contributed by atoms with E-state index in [4.69, 9.17) is 4.74 Å². The number of fused-ring (bicyclic) bond motifs is 2. The largest absolute Gasteiger partial charge is 0.427 e. The van der Waals surface area contributed by atoms with Gasteiger partial charge in [-0.05, 0) is 49.8 Å². The third kappa shape index (κ3) is 3.93. The first-order valence-corrected chi connectivity index (χ1v) is 10.9. The normalized spacial score (nSPS) is 11.7. The Hall–Kier alpha value is -3.19. The van der Waals surface area contributed by atoms with Crippen molar-refractivity contribution in [3.05, 3.63) is 46.9 Å². The Morgan fingerprint density at radius 1 is 1.16 bits per heavy atom. The van der Waals surface area contributed by atoms with Gasteiger partial charge in [0.05, 0.1) is 27.3 Å². The number of anilines is 1. The molecule has 0 aliphatic rings. The van der Waals surface area contributed by atoms with Crippen molar-refractivity contribution in [2.45, 2.75) is 33.6 Å². The van der Waals surface area contributed by atoms with Crippen LogP contribution in [0.15, 0.2) is 41.5 Å². The van der Waals surface area contributed by atoms with Gasteiger partial charge in [0.2, 0.25) is 0 Å². The molecule has 31 heavy (non-hydrogen) atoms. The van der Waals surface area contributed by atoms with E-state index < -0.39 is 0 Å². The molecule has 2 heterocycles. The number of nitrogens with zero attached hydrogens (tertiary/aromatic N) is 3. The van der Waals surface area contributed by atoms with Crippen molar-refractivity contribution in [1.29, 1.82) is 0 Å². The number of benzene rings is 2. The highest BCUT2D eigenvalue weighted by Gasteiger charge is 2.17. The summed E-state index contributed by atoms with van der Waals surface area (Å²) in [6.07, 6.45) is 2.80. The topological polar surface area (TPSA) is 75.9 Å². The Bertz CT molecular complexity index is 1280. The van der Waals surface area contributed by atoms with E-state index in [2.05, 4.69) is 29.0 Å². The number of likely N-dealkylation sites (N-methyl/N-ethyl adjacent to an activating group) is 1. The number of hydrogen-bond acceptors (Lipinski definition) is 6. The number of carbonyl (C=O) groups is 1. The van der Waals surface area contributed by atoms with E-state index >= 15 is 0 Å². The maximum absolute atomic E-state index is 13.6. The lowest BCUT2D eigenvalue weighted by Gasteiger charge is -2.19. The molecule has 0 aliphatic heterocycles. The second-order valence-corrected chi connectivity index (χ2v) is 7.66. The zero-order valence-corrected chi connectivity index (χ0v) is 18.3. The molecule has 162 valence electrons. The lowest BCUT2D eigenvalue weighted by atomic mass is 10.1. The van der Waals surface area contributed by atoms with Gasteiger partial charge >= 0.3 is 5.97 Å². The summed E-state index contributed by atoms with van der Waals surface area (Å²) in [5.41, 5.74) is 3.04. The Kier molecular flexibility index (Phi) is 6.04. The molecular formula is C24H28N4O3. The molecule has 0 unspecified atom stereocenters. The zero-order chi connectivity index (χ0) is 22.0. The van der Waals surface area contributed by atoms with Crippen LogP contribution in [-0.2, 0) is 4.79 Å². The summed E-state index contributed by atoms with van der Waals surface area (Å²) >= 11 is 0. The summed E-state index contributed by atoms with van der Waals surface area (Å²) in [6, 6.07) is 9.06. The molecule has 0 fully saturated rings. The molecule has 4 rings (SSSR count). The van der Waals surface area contributed by atoms with Gasteiger partial charge < -0.3 is 15.0 Å². The third-order valence-corrected chi connectivity index (χ3v) is 5.73. The third-order valence-electron chi connectivity index (χ3n) is 5.73. The zero-order valence-electron chi connectivity index (χ0n) is 18.3. The molecule has 4 aromatic rings. The average molecular weight is 421 g/mol. The molecule has 0 saturated carbocycles. The van der Waals surface area contributed by atoms with Gasteiger partial charge in [-0.15, -0.1) is 0 Å². The summed E-state index contributed by atoms with van der Waals surface area (Å²) in [5.74, 6) is 0.0900. The minimum atomic E-state index is -0.296. The number of carbonyl (C=O) groups excluding carboxylic acids is 1. The van der Waals surface area contributed by atoms with Gasteiger partial charge in [0.1, 0.15) is 12.1 Å². The predicted molar refractivity (Wildman–Crippen MR) is 124 cm³/mol. The Morgan fingerprint density at radius 3 is 2.71 bits per heavy atom. The smallest absolute Gasteiger partial charge is 0.311 e. The Labute approximate surface area is 181 Å². The standard InChI is InChI=1S/C24H28N4O3/c1-4-7-21(29)31-16-8-11-20-17(14-16)24(30)22-18(25-12-13-27(5-2)6-3)9-10-19-23(22)28(20)15-26-19/h8-11,14-15,25H,4-7,12-13H2,1-3H3. The molecule has 0 aliphatic carbocycles. The van der Waals surface area contributed by atoms with E-state index in [-0.39, 0.29) is 11.4 Å². The fourth-order valence-electron chi connectivity index (χ4n) is 4.05. The molecule has 7 nitrogen and oxygen atoms in total. The minimum absolute atomic E-state index is 0.0904. The molecule has 1 N–H and O–H groups in total. The molecule has 2 aromatic heterocycles. The molecule has 0 saturated heterocycles. The number of hydrogen-bond donors (Lipinski definition) is 1. The van der Waals surface area contributed by atoms with Crippen molar-refractivity contribution >= 4 is 39.0 Å². The van der Waals surface area contributed by atoms with Crippen molar-refractivity contribution in [1.82, 2.24) is 14.3 Å². The highest BCUT2D eigenvalue weighted by molar-refractivity contribution is 6.07. The van der Waals surface area contributed by atoms with Gasteiger partial charge in [0, 0.05) is 25.2 Å². The van der Waals surface area contributed by atoms with Crippen LogP contribution in [0.25, 0.3) is 27.3 Å². The number of ether oxygens (including phenoxy) is 1. The molecular weight excluding hydrogens is 392 g/mol. The SMILES string of the molecule is CCCC(=O)Oc1ccc2c(c1)c(=O)c1c(NCCN(CC)CC)ccc3ncn2c31. The first kappa shape index (κ1) is 21.1. The van der Waals surface area contributed by atoms with Crippen LogP contribution in [0, 0.1) is 0 Å². The van der Waals surface area contributed by atoms with Gasteiger partial charge in [0.15, 0.2) is 5.43 Å². The van der Waals surface area contributed by atoms with Crippen LogP contribution in [0.5, 0.6) is 5.75 Å². The number of nitrogens with one attached hydrogen (secondary N) is 1. The van der Waals surface area contributed by atoms with E-state index in [9.17, 15) is 9.59 Å². The van der Waals surface area contributed by atoms with E-state index in [0.29, 0.717) is 29.4 Å². The van der Waals surface area contributed by atoms with Gasteiger partial charge in [-0.2, -0.15) is 0 Å². The van der Waals surface area contributed by atoms with Crippen molar-refractivity contribution in [2.24, 2.45) is 0 Å². The summed E-state index contributed by atoms with van der Waals surface area (Å²) in [5, 5.41) is 4.56. The number of rotatable bonds is 9. The summed E-state index contributed by atoms with van der Waals surface area (Å²) in [7, 11) is 0. The number of esters is 1. The maximum Gasteiger partial charge on any atom is 0.311 e.